The second-order valence-corrected chi connectivity index (χ2v) is 5.22. The van der Waals surface area contributed by atoms with E-state index in [2.05, 4.69) is 0 Å². The van der Waals surface area contributed by atoms with Crippen molar-refractivity contribution < 1.29 is 9.53 Å². The molecule has 0 saturated carbocycles. The summed E-state index contributed by atoms with van der Waals surface area (Å²) in [4.78, 5) is 12.2. The van der Waals surface area contributed by atoms with Crippen LogP contribution in [0.2, 0.25) is 5.02 Å². The summed E-state index contributed by atoms with van der Waals surface area (Å²) >= 11 is 5.87. The smallest absolute Gasteiger partial charge is 0.170 e. The van der Waals surface area contributed by atoms with E-state index in [-0.39, 0.29) is 11.9 Å². The third-order valence-corrected chi connectivity index (χ3v) is 3.57. The minimum absolute atomic E-state index is 0.130. The standard InChI is InChI=1S/C16H13ClO2/c1-10-2-7-15-13(8-10)14(18)9-16(19-15)11-3-5-12(17)6-4-11/h2-8,16H,9H2,1H3/t16-/m1/s1. The monoisotopic (exact) mass is 272 g/mol. The molecule has 3 rings (SSSR count). The number of benzene rings is 2. The molecule has 19 heavy (non-hydrogen) atoms. The molecular formula is C16H13ClO2. The normalized spacial score (nSPS) is 17.8. The van der Waals surface area contributed by atoms with Gasteiger partial charge in [0.05, 0.1) is 12.0 Å². The maximum Gasteiger partial charge on any atom is 0.170 e. The summed E-state index contributed by atoms with van der Waals surface area (Å²) < 4.78 is 5.92. The average Bonchev–Trinajstić information content (AvgIpc) is 2.40. The van der Waals surface area contributed by atoms with E-state index < -0.39 is 0 Å². The molecule has 0 fully saturated rings. The quantitative estimate of drug-likeness (QED) is 0.771. The summed E-state index contributed by atoms with van der Waals surface area (Å²) in [7, 11) is 0. The lowest BCUT2D eigenvalue weighted by atomic mass is 9.95. The van der Waals surface area contributed by atoms with Crippen molar-refractivity contribution in [1.29, 1.82) is 0 Å². The fourth-order valence-electron chi connectivity index (χ4n) is 2.30. The maximum atomic E-state index is 12.2. The van der Waals surface area contributed by atoms with Gasteiger partial charge in [-0.25, -0.2) is 0 Å². The summed E-state index contributed by atoms with van der Waals surface area (Å²) in [6.45, 7) is 1.97. The first kappa shape index (κ1) is 12.2. The zero-order valence-electron chi connectivity index (χ0n) is 10.5. The van der Waals surface area contributed by atoms with Gasteiger partial charge in [-0.2, -0.15) is 0 Å². The van der Waals surface area contributed by atoms with Crippen molar-refractivity contribution in [3.63, 3.8) is 0 Å². The molecule has 0 amide bonds. The molecule has 0 radical (unpaired) electrons. The molecule has 0 aliphatic carbocycles. The fraction of sp³-hybridized carbons (Fsp3) is 0.188. The van der Waals surface area contributed by atoms with Crippen molar-refractivity contribution >= 4 is 17.4 Å². The molecule has 0 unspecified atom stereocenters. The maximum absolute atomic E-state index is 12.2. The van der Waals surface area contributed by atoms with E-state index in [9.17, 15) is 4.79 Å². The van der Waals surface area contributed by atoms with Crippen LogP contribution in [0.3, 0.4) is 0 Å². The van der Waals surface area contributed by atoms with Crippen LogP contribution in [-0.4, -0.2) is 5.78 Å². The highest BCUT2D eigenvalue weighted by Crippen LogP contribution is 2.35. The van der Waals surface area contributed by atoms with Crippen LogP contribution in [0.1, 0.15) is 34.0 Å². The Morgan fingerprint density at radius 3 is 2.63 bits per heavy atom. The molecule has 2 aromatic rings. The molecule has 3 heteroatoms. The van der Waals surface area contributed by atoms with Crippen LogP contribution in [0.4, 0.5) is 0 Å². The van der Waals surface area contributed by atoms with Crippen LogP contribution in [-0.2, 0) is 0 Å². The Bertz CT molecular complexity index is 632. The molecule has 1 aliphatic heterocycles. The zero-order chi connectivity index (χ0) is 13.4. The number of fused-ring (bicyclic) bond motifs is 1. The van der Waals surface area contributed by atoms with E-state index in [4.69, 9.17) is 16.3 Å². The van der Waals surface area contributed by atoms with Gasteiger partial charge < -0.3 is 4.74 Å². The molecule has 1 atom stereocenters. The Labute approximate surface area is 117 Å². The van der Waals surface area contributed by atoms with Crippen LogP contribution in [0.5, 0.6) is 5.75 Å². The highest BCUT2D eigenvalue weighted by molar-refractivity contribution is 6.30. The van der Waals surface area contributed by atoms with Crippen molar-refractivity contribution in [2.24, 2.45) is 0 Å². The van der Waals surface area contributed by atoms with Crippen LogP contribution >= 0.6 is 11.6 Å². The summed E-state index contributed by atoms with van der Waals surface area (Å²) in [5.74, 6) is 0.798. The molecule has 2 nitrogen and oxygen atoms in total. The summed E-state index contributed by atoms with van der Waals surface area (Å²) in [5.41, 5.74) is 2.73. The van der Waals surface area contributed by atoms with Gasteiger partial charge in [-0.1, -0.05) is 35.4 Å². The highest BCUT2D eigenvalue weighted by Gasteiger charge is 2.27. The molecule has 1 aliphatic rings. The predicted octanol–water partition coefficient (Wildman–Crippen LogP) is 4.35. The predicted molar refractivity (Wildman–Crippen MR) is 74.9 cm³/mol. The SMILES string of the molecule is Cc1ccc2c(c1)C(=O)C[C@H](c1ccc(Cl)cc1)O2. The number of ether oxygens (including phenoxy) is 1. The minimum Gasteiger partial charge on any atom is -0.484 e. The van der Waals surface area contributed by atoms with Crippen LogP contribution in [0, 0.1) is 6.92 Å². The highest BCUT2D eigenvalue weighted by atomic mass is 35.5. The first-order chi connectivity index (χ1) is 9.13. The number of carbonyl (C=O) groups is 1. The number of rotatable bonds is 1. The lowest BCUT2D eigenvalue weighted by molar-refractivity contribution is 0.0850. The fourth-order valence-corrected chi connectivity index (χ4v) is 2.43. The van der Waals surface area contributed by atoms with Gasteiger partial charge in [-0.3, -0.25) is 4.79 Å². The summed E-state index contributed by atoms with van der Waals surface area (Å²) in [6.07, 6.45) is 0.151. The molecule has 96 valence electrons. The van der Waals surface area contributed by atoms with E-state index in [1.165, 1.54) is 0 Å². The van der Waals surface area contributed by atoms with Crippen molar-refractivity contribution in [2.75, 3.05) is 0 Å². The van der Waals surface area contributed by atoms with Crippen LogP contribution in [0.25, 0.3) is 0 Å². The van der Waals surface area contributed by atoms with Gasteiger partial charge in [0, 0.05) is 5.02 Å². The van der Waals surface area contributed by atoms with Gasteiger partial charge in [0.15, 0.2) is 5.78 Å². The van der Waals surface area contributed by atoms with E-state index >= 15 is 0 Å². The van der Waals surface area contributed by atoms with Crippen molar-refractivity contribution in [3.8, 4) is 5.75 Å². The van der Waals surface area contributed by atoms with Gasteiger partial charge in [-0.05, 0) is 36.8 Å². The van der Waals surface area contributed by atoms with E-state index in [0.717, 1.165) is 11.1 Å². The number of Topliss-reactive ketones (excluding diaryl/α,β-unsaturated/α-hetero) is 1. The van der Waals surface area contributed by atoms with Gasteiger partial charge in [0.1, 0.15) is 11.9 Å². The van der Waals surface area contributed by atoms with Crippen molar-refractivity contribution in [3.05, 3.63) is 64.2 Å². The molecule has 0 N–H and O–H groups in total. The molecular weight excluding hydrogens is 260 g/mol. The Hall–Kier alpha value is -1.80. The molecule has 1 heterocycles. The molecule has 0 spiro atoms. The van der Waals surface area contributed by atoms with Crippen LogP contribution in [0.15, 0.2) is 42.5 Å². The van der Waals surface area contributed by atoms with Crippen LogP contribution < -0.4 is 4.74 Å². The van der Waals surface area contributed by atoms with Gasteiger partial charge >= 0.3 is 0 Å². The Balaban J connectivity index is 1.95. The Morgan fingerprint density at radius 2 is 1.89 bits per heavy atom. The number of carbonyl (C=O) groups excluding carboxylic acids is 1. The van der Waals surface area contributed by atoms with Crippen molar-refractivity contribution in [2.45, 2.75) is 19.4 Å². The first-order valence-corrected chi connectivity index (χ1v) is 6.57. The lowest BCUT2D eigenvalue weighted by Gasteiger charge is -2.25. The number of halogens is 1. The Morgan fingerprint density at radius 1 is 1.16 bits per heavy atom. The summed E-state index contributed by atoms with van der Waals surface area (Å²) in [5, 5.41) is 0.682. The Kier molecular flexibility index (Phi) is 3.03. The first-order valence-electron chi connectivity index (χ1n) is 6.19. The molecule has 0 saturated heterocycles. The molecule has 0 aromatic heterocycles. The van der Waals surface area contributed by atoms with Gasteiger partial charge in [0.25, 0.3) is 0 Å². The number of hydrogen-bond donors (Lipinski definition) is 0. The second kappa shape index (κ2) is 4.71. The zero-order valence-corrected chi connectivity index (χ0v) is 11.3. The number of aryl methyl sites for hydroxylation is 1. The number of ketones is 1. The topological polar surface area (TPSA) is 26.3 Å². The minimum atomic E-state index is -0.222. The second-order valence-electron chi connectivity index (χ2n) is 4.78. The third-order valence-electron chi connectivity index (χ3n) is 3.32. The largest absolute Gasteiger partial charge is 0.484 e. The molecule has 2 aromatic carbocycles. The average molecular weight is 273 g/mol. The van der Waals surface area contributed by atoms with Crippen molar-refractivity contribution in [1.82, 2.24) is 0 Å². The third kappa shape index (κ3) is 2.36. The van der Waals surface area contributed by atoms with E-state index in [0.29, 0.717) is 22.8 Å². The van der Waals surface area contributed by atoms with Gasteiger partial charge in [0.2, 0.25) is 0 Å². The molecule has 0 bridgehead atoms. The van der Waals surface area contributed by atoms with E-state index in [1.807, 2.05) is 49.4 Å². The summed E-state index contributed by atoms with van der Waals surface area (Å²) in [6, 6.07) is 13.1. The van der Waals surface area contributed by atoms with E-state index in [1.54, 1.807) is 0 Å². The van der Waals surface area contributed by atoms with Gasteiger partial charge in [-0.15, -0.1) is 0 Å². The number of hydrogen-bond acceptors (Lipinski definition) is 2. The lowest BCUT2D eigenvalue weighted by Crippen LogP contribution is -2.20.